The number of fused-ring (bicyclic) bond motifs is 1. The molecule has 8 heteroatoms. The minimum atomic E-state index is -0.582. The number of thioether (sulfide) groups is 1. The fourth-order valence-electron chi connectivity index (χ4n) is 3.78. The summed E-state index contributed by atoms with van der Waals surface area (Å²) < 4.78 is 5.21. The summed E-state index contributed by atoms with van der Waals surface area (Å²) in [6, 6.07) is 17.5. The molecule has 0 spiro atoms. The summed E-state index contributed by atoms with van der Waals surface area (Å²) in [6.45, 7) is 1.37. The first-order chi connectivity index (χ1) is 14.6. The third-order valence-electron chi connectivity index (χ3n) is 5.20. The number of benzene rings is 2. The Morgan fingerprint density at radius 1 is 1.03 bits per heavy atom. The maximum absolute atomic E-state index is 12.9. The maximum atomic E-state index is 12.9. The van der Waals surface area contributed by atoms with Gasteiger partial charge in [-0.25, -0.2) is 10.0 Å². The molecule has 2 fully saturated rings. The second-order valence-electron chi connectivity index (χ2n) is 7.12. The van der Waals surface area contributed by atoms with Crippen LogP contribution in [0.1, 0.15) is 5.56 Å². The summed E-state index contributed by atoms with van der Waals surface area (Å²) in [4.78, 5) is 14.3. The van der Waals surface area contributed by atoms with Gasteiger partial charge >= 0.3 is 0 Å². The van der Waals surface area contributed by atoms with E-state index in [0.29, 0.717) is 25.3 Å². The van der Waals surface area contributed by atoms with Crippen molar-refractivity contribution in [2.45, 2.75) is 4.99 Å². The van der Waals surface area contributed by atoms with Crippen LogP contribution in [0, 0.1) is 0 Å². The number of hydrazine groups is 1. The van der Waals surface area contributed by atoms with E-state index in [2.05, 4.69) is 5.01 Å². The highest BCUT2D eigenvalue weighted by Gasteiger charge is 2.70. The Kier molecular flexibility index (Phi) is 6.01. The van der Waals surface area contributed by atoms with E-state index >= 15 is 0 Å². The zero-order chi connectivity index (χ0) is 21.1. The van der Waals surface area contributed by atoms with E-state index in [1.807, 2.05) is 70.6 Å². The summed E-state index contributed by atoms with van der Waals surface area (Å²) in [7, 11) is 1.62. The topological polar surface area (TPSA) is 76.0 Å². The highest BCUT2D eigenvalue weighted by molar-refractivity contribution is 8.16. The SMILES string of the molecule is COc1ccc(/C=C2/C(=O)SC3(CN(CCO)CCO)N2N3c2ccccc2)cc1. The number of ether oxygens (including phenoxy) is 1. The van der Waals surface area contributed by atoms with Crippen molar-refractivity contribution in [2.24, 2.45) is 0 Å². The fourth-order valence-corrected chi connectivity index (χ4v) is 5.07. The van der Waals surface area contributed by atoms with Crippen LogP contribution >= 0.6 is 11.8 Å². The fraction of sp³-hybridized carbons (Fsp3) is 0.318. The molecule has 1 atom stereocenters. The number of nitrogens with zero attached hydrogens (tertiary/aromatic N) is 3. The van der Waals surface area contributed by atoms with Crippen molar-refractivity contribution in [1.29, 1.82) is 0 Å². The average molecular weight is 428 g/mol. The molecule has 0 saturated carbocycles. The maximum Gasteiger partial charge on any atom is 0.241 e. The van der Waals surface area contributed by atoms with Gasteiger partial charge in [0.05, 0.1) is 32.6 Å². The van der Waals surface area contributed by atoms with Crippen LogP contribution in [-0.4, -0.2) is 70.2 Å². The number of aliphatic hydroxyl groups is 2. The van der Waals surface area contributed by atoms with E-state index < -0.39 is 4.99 Å². The highest BCUT2D eigenvalue weighted by atomic mass is 32.2. The number of anilines is 1. The number of hydrogen-bond acceptors (Lipinski definition) is 8. The van der Waals surface area contributed by atoms with Crippen LogP contribution < -0.4 is 9.75 Å². The Balaban J connectivity index is 1.67. The number of aliphatic hydroxyl groups excluding tert-OH is 2. The largest absolute Gasteiger partial charge is 0.497 e. The lowest BCUT2D eigenvalue weighted by atomic mass is 10.2. The van der Waals surface area contributed by atoms with Crippen LogP contribution in [0.15, 0.2) is 60.3 Å². The van der Waals surface area contributed by atoms with Gasteiger partial charge in [-0.2, -0.15) is 0 Å². The second kappa shape index (κ2) is 8.69. The van der Waals surface area contributed by atoms with Gasteiger partial charge in [0.25, 0.3) is 0 Å². The van der Waals surface area contributed by atoms with E-state index in [-0.39, 0.29) is 18.3 Å². The first-order valence-corrected chi connectivity index (χ1v) is 10.6. The van der Waals surface area contributed by atoms with Crippen molar-refractivity contribution in [3.63, 3.8) is 0 Å². The predicted molar refractivity (Wildman–Crippen MR) is 118 cm³/mol. The molecule has 0 aliphatic carbocycles. The van der Waals surface area contributed by atoms with E-state index in [0.717, 1.165) is 17.0 Å². The molecule has 0 aromatic heterocycles. The van der Waals surface area contributed by atoms with Gasteiger partial charge in [-0.05, 0) is 47.7 Å². The third kappa shape index (κ3) is 3.79. The second-order valence-corrected chi connectivity index (χ2v) is 8.35. The summed E-state index contributed by atoms with van der Waals surface area (Å²) in [5.41, 5.74) is 2.52. The average Bonchev–Trinajstić information content (AvgIpc) is 3.30. The number of para-hydroxylation sites is 1. The van der Waals surface area contributed by atoms with Crippen molar-refractivity contribution in [1.82, 2.24) is 9.91 Å². The Bertz CT molecular complexity index is 916. The van der Waals surface area contributed by atoms with Gasteiger partial charge < -0.3 is 14.9 Å². The van der Waals surface area contributed by atoms with Crippen molar-refractivity contribution in [3.8, 4) is 5.75 Å². The summed E-state index contributed by atoms with van der Waals surface area (Å²) >= 11 is 1.27. The number of rotatable bonds is 9. The van der Waals surface area contributed by atoms with E-state index in [4.69, 9.17) is 4.74 Å². The normalized spacial score (nSPS) is 21.5. The van der Waals surface area contributed by atoms with Crippen LogP contribution in [0.5, 0.6) is 5.75 Å². The Morgan fingerprint density at radius 3 is 2.30 bits per heavy atom. The van der Waals surface area contributed by atoms with E-state index in [1.54, 1.807) is 7.11 Å². The number of carbonyl (C=O) groups is 1. The van der Waals surface area contributed by atoms with Crippen molar-refractivity contribution in [2.75, 3.05) is 45.0 Å². The van der Waals surface area contributed by atoms with Crippen LogP contribution in [-0.2, 0) is 4.79 Å². The molecule has 0 radical (unpaired) electrons. The molecular formula is C22H25N3O4S. The molecule has 2 heterocycles. The smallest absolute Gasteiger partial charge is 0.241 e. The van der Waals surface area contributed by atoms with Gasteiger partial charge in [-0.1, -0.05) is 30.3 Å². The van der Waals surface area contributed by atoms with E-state index in [1.165, 1.54) is 11.8 Å². The molecule has 2 aliphatic heterocycles. The van der Waals surface area contributed by atoms with Gasteiger partial charge in [-0.3, -0.25) is 9.69 Å². The first-order valence-electron chi connectivity index (χ1n) is 9.81. The third-order valence-corrected chi connectivity index (χ3v) is 6.39. The van der Waals surface area contributed by atoms with E-state index in [9.17, 15) is 15.0 Å². The van der Waals surface area contributed by atoms with Crippen LogP contribution in [0.25, 0.3) is 6.08 Å². The van der Waals surface area contributed by atoms with Crippen LogP contribution in [0.4, 0.5) is 5.69 Å². The molecule has 2 saturated heterocycles. The minimum Gasteiger partial charge on any atom is -0.497 e. The standard InChI is InChI=1S/C22H25N3O4S/c1-29-19-9-7-17(8-10-19)15-20-21(28)30-22(16-23(11-13-26)12-14-27)24(25(20)22)18-5-3-2-4-6-18/h2-10,15,26-27H,11-14,16H2,1H3/b20-15-. The summed E-state index contributed by atoms with van der Waals surface area (Å²) in [5, 5.41) is 23.0. The van der Waals surface area contributed by atoms with Gasteiger partial charge in [-0.15, -0.1) is 0 Å². The zero-order valence-corrected chi connectivity index (χ0v) is 17.6. The summed E-state index contributed by atoms with van der Waals surface area (Å²) in [5.74, 6) is 0.764. The van der Waals surface area contributed by atoms with Crippen molar-refractivity contribution < 1.29 is 19.7 Å². The van der Waals surface area contributed by atoms with Gasteiger partial charge in [0.1, 0.15) is 11.4 Å². The highest BCUT2D eigenvalue weighted by Crippen LogP contribution is 2.60. The molecule has 7 nitrogen and oxygen atoms in total. The molecular weight excluding hydrogens is 402 g/mol. The minimum absolute atomic E-state index is 0.00538. The number of hydrogen-bond donors (Lipinski definition) is 2. The first kappa shape index (κ1) is 20.7. The predicted octanol–water partition coefficient (Wildman–Crippen LogP) is 1.99. The van der Waals surface area contributed by atoms with Gasteiger partial charge in [0.2, 0.25) is 10.1 Å². The Labute approximate surface area is 180 Å². The molecule has 4 rings (SSSR count). The molecule has 2 aromatic carbocycles. The van der Waals surface area contributed by atoms with Gasteiger partial charge in [0, 0.05) is 13.1 Å². The molecule has 158 valence electrons. The Hall–Kier alpha value is -2.52. The lowest BCUT2D eigenvalue weighted by Crippen LogP contribution is -2.39. The quantitative estimate of drug-likeness (QED) is 0.465. The lowest BCUT2D eigenvalue weighted by Gasteiger charge is -2.23. The molecule has 0 amide bonds. The molecule has 1 unspecified atom stereocenters. The molecule has 2 aromatic rings. The lowest BCUT2D eigenvalue weighted by molar-refractivity contribution is -0.108. The van der Waals surface area contributed by atoms with Crippen LogP contribution in [0.2, 0.25) is 0 Å². The van der Waals surface area contributed by atoms with Crippen molar-refractivity contribution >= 4 is 28.6 Å². The molecule has 0 bridgehead atoms. The number of methoxy groups -OCH3 is 1. The zero-order valence-electron chi connectivity index (χ0n) is 16.8. The Morgan fingerprint density at radius 2 is 1.70 bits per heavy atom. The molecule has 30 heavy (non-hydrogen) atoms. The van der Waals surface area contributed by atoms with Crippen molar-refractivity contribution in [3.05, 3.63) is 65.9 Å². The number of carbonyl (C=O) groups excluding carboxylic acids is 1. The monoisotopic (exact) mass is 427 g/mol. The van der Waals surface area contributed by atoms with Crippen LogP contribution in [0.3, 0.4) is 0 Å². The molecule has 2 N–H and O–H groups in total. The van der Waals surface area contributed by atoms with Gasteiger partial charge in [0.15, 0.2) is 0 Å². The summed E-state index contributed by atoms with van der Waals surface area (Å²) in [6.07, 6.45) is 1.89. The molecule has 2 aliphatic rings.